The zero-order chi connectivity index (χ0) is 15.5. The van der Waals surface area contributed by atoms with Gasteiger partial charge in [-0.25, -0.2) is 8.42 Å². The smallest absolute Gasteiger partial charge is 0.243 e. The Morgan fingerprint density at radius 1 is 1.14 bits per heavy atom. The molecular formula is C14H21N3O3S. The molecule has 1 aromatic rings. The Bertz CT molecular complexity index is 590. The Labute approximate surface area is 125 Å². The largest absolute Gasteiger partial charge is 0.326 e. The van der Waals surface area contributed by atoms with Gasteiger partial charge < -0.3 is 10.2 Å². The van der Waals surface area contributed by atoms with Gasteiger partial charge in [0.05, 0.1) is 4.90 Å². The Hall–Kier alpha value is -1.44. The van der Waals surface area contributed by atoms with Crippen molar-refractivity contribution in [3.63, 3.8) is 0 Å². The molecule has 0 aliphatic carbocycles. The lowest BCUT2D eigenvalue weighted by atomic mass is 10.3. The standard InChI is InChI=1S/C14H21N3O3S/c1-3-14(18)15-12-4-6-13(7-5-12)21(19,20)17-10-8-16(2)9-11-17/h4-7H,3,8-11H2,1-2H3,(H,15,18). The van der Waals surface area contributed by atoms with E-state index in [2.05, 4.69) is 10.2 Å². The first-order valence-electron chi connectivity index (χ1n) is 7.02. The van der Waals surface area contributed by atoms with Crippen LogP contribution in [0.3, 0.4) is 0 Å². The molecule has 0 spiro atoms. The SMILES string of the molecule is CCC(=O)Nc1ccc(S(=O)(=O)N2CCN(C)CC2)cc1. The molecule has 0 aromatic heterocycles. The Kier molecular flexibility index (Phi) is 4.97. The van der Waals surface area contributed by atoms with Crippen LogP contribution in [0.1, 0.15) is 13.3 Å². The maximum atomic E-state index is 12.5. The molecule has 116 valence electrons. The first kappa shape index (κ1) is 15.9. The molecule has 1 aromatic carbocycles. The van der Waals surface area contributed by atoms with Crippen LogP contribution in [0, 0.1) is 0 Å². The second kappa shape index (κ2) is 6.55. The number of amides is 1. The lowest BCUT2D eigenvalue weighted by Gasteiger charge is -2.31. The molecule has 0 radical (unpaired) electrons. The molecule has 6 nitrogen and oxygen atoms in total. The summed E-state index contributed by atoms with van der Waals surface area (Å²) < 4.78 is 26.5. The molecule has 1 aliphatic heterocycles. The molecule has 1 amide bonds. The van der Waals surface area contributed by atoms with E-state index in [4.69, 9.17) is 0 Å². The van der Waals surface area contributed by atoms with Crippen LogP contribution in [-0.4, -0.2) is 56.8 Å². The molecule has 0 unspecified atom stereocenters. The molecule has 1 N–H and O–H groups in total. The van der Waals surface area contributed by atoms with E-state index in [1.165, 1.54) is 4.31 Å². The number of rotatable bonds is 4. The summed E-state index contributed by atoms with van der Waals surface area (Å²) >= 11 is 0. The van der Waals surface area contributed by atoms with Crippen molar-refractivity contribution in [3.8, 4) is 0 Å². The number of carbonyl (C=O) groups is 1. The summed E-state index contributed by atoms with van der Waals surface area (Å²) in [5.41, 5.74) is 0.610. The topological polar surface area (TPSA) is 69.7 Å². The molecule has 2 rings (SSSR count). The maximum absolute atomic E-state index is 12.5. The Balaban J connectivity index is 2.12. The van der Waals surface area contributed by atoms with Gasteiger partial charge in [0, 0.05) is 38.3 Å². The van der Waals surface area contributed by atoms with Crippen LogP contribution in [0.4, 0.5) is 5.69 Å². The fraction of sp³-hybridized carbons (Fsp3) is 0.500. The molecule has 0 atom stereocenters. The minimum Gasteiger partial charge on any atom is -0.326 e. The molecule has 1 aliphatic rings. The predicted octanol–water partition coefficient (Wildman–Crippen LogP) is 0.971. The van der Waals surface area contributed by atoms with Gasteiger partial charge in [0.1, 0.15) is 0 Å². The number of anilines is 1. The van der Waals surface area contributed by atoms with Gasteiger partial charge in [0.2, 0.25) is 15.9 Å². The number of hydrogen-bond acceptors (Lipinski definition) is 4. The monoisotopic (exact) mass is 311 g/mol. The van der Waals surface area contributed by atoms with Crippen molar-refractivity contribution in [1.82, 2.24) is 9.21 Å². The number of piperazine rings is 1. The third-order valence-corrected chi connectivity index (χ3v) is 5.47. The fourth-order valence-corrected chi connectivity index (χ4v) is 3.56. The fourth-order valence-electron chi connectivity index (χ4n) is 2.14. The molecule has 21 heavy (non-hydrogen) atoms. The first-order valence-corrected chi connectivity index (χ1v) is 8.46. The quantitative estimate of drug-likeness (QED) is 0.899. The van der Waals surface area contributed by atoms with Crippen LogP contribution in [0.25, 0.3) is 0 Å². The van der Waals surface area contributed by atoms with Crippen LogP contribution < -0.4 is 5.32 Å². The van der Waals surface area contributed by atoms with Gasteiger partial charge in [-0.1, -0.05) is 6.92 Å². The molecular weight excluding hydrogens is 290 g/mol. The molecule has 1 fully saturated rings. The van der Waals surface area contributed by atoms with Crippen molar-refractivity contribution in [3.05, 3.63) is 24.3 Å². The van der Waals surface area contributed by atoms with Crippen molar-refractivity contribution in [2.24, 2.45) is 0 Å². The second-order valence-electron chi connectivity index (χ2n) is 5.13. The summed E-state index contributed by atoms with van der Waals surface area (Å²) in [6, 6.07) is 6.32. The van der Waals surface area contributed by atoms with Gasteiger partial charge in [-0.15, -0.1) is 0 Å². The lowest BCUT2D eigenvalue weighted by molar-refractivity contribution is -0.115. The molecule has 1 heterocycles. The summed E-state index contributed by atoms with van der Waals surface area (Å²) in [6.45, 7) is 4.26. The number of nitrogens with zero attached hydrogens (tertiary/aromatic N) is 2. The normalized spacial score (nSPS) is 17.6. The average Bonchev–Trinajstić information content (AvgIpc) is 2.48. The third-order valence-electron chi connectivity index (χ3n) is 3.56. The van der Waals surface area contributed by atoms with E-state index in [1.54, 1.807) is 31.2 Å². The van der Waals surface area contributed by atoms with Crippen molar-refractivity contribution in [2.75, 3.05) is 38.5 Å². The summed E-state index contributed by atoms with van der Waals surface area (Å²) in [7, 11) is -1.46. The van der Waals surface area contributed by atoms with E-state index in [-0.39, 0.29) is 10.8 Å². The third kappa shape index (κ3) is 3.81. The van der Waals surface area contributed by atoms with E-state index in [0.29, 0.717) is 25.2 Å². The van der Waals surface area contributed by atoms with Gasteiger partial charge in [-0.05, 0) is 31.3 Å². The van der Waals surface area contributed by atoms with E-state index >= 15 is 0 Å². The van der Waals surface area contributed by atoms with Gasteiger partial charge in [-0.2, -0.15) is 4.31 Å². The Morgan fingerprint density at radius 2 is 1.71 bits per heavy atom. The van der Waals surface area contributed by atoms with E-state index < -0.39 is 10.0 Å². The van der Waals surface area contributed by atoms with Gasteiger partial charge in [0.15, 0.2) is 0 Å². The molecule has 7 heteroatoms. The van der Waals surface area contributed by atoms with Crippen molar-refractivity contribution in [1.29, 1.82) is 0 Å². The van der Waals surface area contributed by atoms with Crippen molar-refractivity contribution >= 4 is 21.6 Å². The predicted molar refractivity (Wildman–Crippen MR) is 81.6 cm³/mol. The maximum Gasteiger partial charge on any atom is 0.243 e. The molecule has 1 saturated heterocycles. The van der Waals surface area contributed by atoms with Crippen molar-refractivity contribution in [2.45, 2.75) is 18.2 Å². The zero-order valence-corrected chi connectivity index (χ0v) is 13.2. The summed E-state index contributed by atoms with van der Waals surface area (Å²) in [5.74, 6) is -0.0929. The van der Waals surface area contributed by atoms with Gasteiger partial charge in [0.25, 0.3) is 0 Å². The van der Waals surface area contributed by atoms with Gasteiger partial charge >= 0.3 is 0 Å². The van der Waals surface area contributed by atoms with Crippen LogP contribution >= 0.6 is 0 Å². The number of carbonyl (C=O) groups excluding carboxylic acids is 1. The number of nitrogens with one attached hydrogen (secondary N) is 1. The molecule has 0 saturated carbocycles. The highest BCUT2D eigenvalue weighted by Gasteiger charge is 2.27. The zero-order valence-electron chi connectivity index (χ0n) is 12.4. The minimum absolute atomic E-state index is 0.0929. The lowest BCUT2D eigenvalue weighted by Crippen LogP contribution is -2.46. The average molecular weight is 311 g/mol. The highest BCUT2D eigenvalue weighted by molar-refractivity contribution is 7.89. The van der Waals surface area contributed by atoms with E-state index in [0.717, 1.165) is 13.1 Å². The highest BCUT2D eigenvalue weighted by Crippen LogP contribution is 2.19. The number of hydrogen-bond donors (Lipinski definition) is 1. The summed E-state index contributed by atoms with van der Waals surface area (Å²) in [4.78, 5) is 13.7. The van der Waals surface area contributed by atoms with Crippen LogP contribution in [0.2, 0.25) is 0 Å². The second-order valence-corrected chi connectivity index (χ2v) is 7.07. The van der Waals surface area contributed by atoms with Crippen LogP contribution in [-0.2, 0) is 14.8 Å². The highest BCUT2D eigenvalue weighted by atomic mass is 32.2. The minimum atomic E-state index is -3.44. The van der Waals surface area contributed by atoms with E-state index in [1.807, 2.05) is 7.05 Å². The number of sulfonamides is 1. The van der Waals surface area contributed by atoms with Crippen molar-refractivity contribution < 1.29 is 13.2 Å². The van der Waals surface area contributed by atoms with Crippen LogP contribution in [0.15, 0.2) is 29.2 Å². The Morgan fingerprint density at radius 3 is 2.24 bits per heavy atom. The molecule has 0 bridgehead atoms. The van der Waals surface area contributed by atoms with E-state index in [9.17, 15) is 13.2 Å². The summed E-state index contributed by atoms with van der Waals surface area (Å²) in [6.07, 6.45) is 0.390. The first-order chi connectivity index (χ1) is 9.93. The van der Waals surface area contributed by atoms with Gasteiger partial charge in [-0.3, -0.25) is 4.79 Å². The number of benzene rings is 1. The number of likely N-dealkylation sites (N-methyl/N-ethyl adjacent to an activating group) is 1. The summed E-state index contributed by atoms with van der Waals surface area (Å²) in [5, 5.41) is 2.70. The van der Waals surface area contributed by atoms with Crippen LogP contribution in [0.5, 0.6) is 0 Å².